The maximum atomic E-state index is 12.9. The van der Waals surface area contributed by atoms with Crippen LogP contribution < -0.4 is 11.1 Å². The number of carbonyl (C=O) groups is 1. The molecular weight excluding hydrogens is 424 g/mol. The van der Waals surface area contributed by atoms with Crippen molar-refractivity contribution in [3.05, 3.63) is 103 Å². The molecular formula is C24H20N4O3S. The largest absolute Gasteiger partial charge is 0.397 e. The molecule has 0 fully saturated rings. The van der Waals surface area contributed by atoms with Crippen LogP contribution in [0.2, 0.25) is 0 Å². The van der Waals surface area contributed by atoms with Gasteiger partial charge in [0.2, 0.25) is 5.91 Å². The zero-order valence-electron chi connectivity index (χ0n) is 16.9. The first-order valence-electron chi connectivity index (χ1n) is 9.71. The number of rotatable bonds is 6. The number of para-hydroxylation sites is 2. The van der Waals surface area contributed by atoms with Crippen LogP contribution in [0.15, 0.2) is 102 Å². The Morgan fingerprint density at radius 3 is 2.47 bits per heavy atom. The molecule has 160 valence electrons. The van der Waals surface area contributed by atoms with Gasteiger partial charge in [0.25, 0.3) is 10.0 Å². The second-order valence-corrected chi connectivity index (χ2v) is 8.80. The summed E-state index contributed by atoms with van der Waals surface area (Å²) in [5.74, 6) is -0.371. The molecule has 8 heteroatoms. The van der Waals surface area contributed by atoms with E-state index in [1.807, 2.05) is 12.1 Å². The van der Waals surface area contributed by atoms with E-state index in [4.69, 9.17) is 5.73 Å². The normalized spacial score (nSPS) is 11.5. The van der Waals surface area contributed by atoms with Crippen LogP contribution in [0.1, 0.15) is 5.56 Å². The van der Waals surface area contributed by atoms with E-state index >= 15 is 0 Å². The lowest BCUT2D eigenvalue weighted by Crippen LogP contribution is -2.10. The minimum absolute atomic E-state index is 0.161. The number of nitrogens with one attached hydrogen (secondary N) is 1. The number of nitrogens with zero attached hydrogens (tertiary/aromatic N) is 2. The third kappa shape index (κ3) is 4.60. The minimum atomic E-state index is -3.76. The van der Waals surface area contributed by atoms with Crippen molar-refractivity contribution in [2.24, 2.45) is 0 Å². The first-order chi connectivity index (χ1) is 15.4. The summed E-state index contributed by atoms with van der Waals surface area (Å²) >= 11 is 0. The Labute approximate surface area is 185 Å². The van der Waals surface area contributed by atoms with Gasteiger partial charge >= 0.3 is 0 Å². The predicted molar refractivity (Wildman–Crippen MR) is 125 cm³/mol. The number of nitrogen functional groups attached to an aromatic ring is 1. The van der Waals surface area contributed by atoms with Crippen LogP contribution in [0.4, 0.5) is 11.4 Å². The highest BCUT2D eigenvalue weighted by molar-refractivity contribution is 7.90. The Hall–Kier alpha value is -4.17. The highest BCUT2D eigenvalue weighted by atomic mass is 32.2. The number of pyridine rings is 1. The van der Waals surface area contributed by atoms with Crippen LogP contribution in [-0.4, -0.2) is 23.3 Å². The van der Waals surface area contributed by atoms with Crippen molar-refractivity contribution < 1.29 is 13.2 Å². The van der Waals surface area contributed by atoms with Gasteiger partial charge in [0, 0.05) is 30.9 Å². The summed E-state index contributed by atoms with van der Waals surface area (Å²) in [5.41, 5.74) is 9.13. The molecule has 0 bridgehead atoms. The highest BCUT2D eigenvalue weighted by Crippen LogP contribution is 2.22. The topological polar surface area (TPSA) is 107 Å². The van der Waals surface area contributed by atoms with Gasteiger partial charge in [-0.2, -0.15) is 0 Å². The third-order valence-corrected chi connectivity index (χ3v) is 6.41. The smallest absolute Gasteiger partial charge is 0.267 e. The molecule has 0 spiro atoms. The first kappa shape index (κ1) is 21.1. The lowest BCUT2D eigenvalue weighted by Gasteiger charge is -2.07. The molecule has 4 aromatic rings. The van der Waals surface area contributed by atoms with Gasteiger partial charge in [-0.25, -0.2) is 12.4 Å². The van der Waals surface area contributed by atoms with Gasteiger partial charge in [-0.15, -0.1) is 0 Å². The van der Waals surface area contributed by atoms with Crippen molar-refractivity contribution in [3.63, 3.8) is 0 Å². The number of aromatic nitrogens is 2. The van der Waals surface area contributed by atoms with E-state index in [1.165, 1.54) is 24.5 Å². The SMILES string of the molecule is Nc1ccccc1NC(=O)C=Cc1ccn(S(=O)(=O)c2ccc(-c3cccnc3)cc2)c1. The predicted octanol–water partition coefficient (Wildman–Crippen LogP) is 4.02. The Balaban J connectivity index is 1.48. The van der Waals surface area contributed by atoms with Crippen LogP contribution >= 0.6 is 0 Å². The molecule has 4 rings (SSSR count). The van der Waals surface area contributed by atoms with Crippen molar-refractivity contribution >= 4 is 33.4 Å². The zero-order chi connectivity index (χ0) is 22.6. The number of hydrogen-bond acceptors (Lipinski definition) is 5. The fraction of sp³-hybridized carbons (Fsp3) is 0. The fourth-order valence-corrected chi connectivity index (χ4v) is 4.28. The zero-order valence-corrected chi connectivity index (χ0v) is 17.7. The van der Waals surface area contributed by atoms with E-state index < -0.39 is 10.0 Å². The molecule has 2 aromatic carbocycles. The second-order valence-electron chi connectivity index (χ2n) is 6.96. The van der Waals surface area contributed by atoms with Crippen LogP contribution in [-0.2, 0) is 14.8 Å². The number of benzene rings is 2. The van der Waals surface area contributed by atoms with E-state index in [0.29, 0.717) is 16.9 Å². The summed E-state index contributed by atoms with van der Waals surface area (Å²) in [6, 6.07) is 18.9. The summed E-state index contributed by atoms with van der Waals surface area (Å²) < 4.78 is 27.0. The molecule has 0 radical (unpaired) electrons. The molecule has 0 saturated carbocycles. The lowest BCUT2D eigenvalue weighted by atomic mass is 10.1. The molecule has 2 aromatic heterocycles. The summed E-state index contributed by atoms with van der Waals surface area (Å²) in [5, 5.41) is 2.68. The number of anilines is 2. The Morgan fingerprint density at radius 1 is 0.969 bits per heavy atom. The van der Waals surface area contributed by atoms with Gasteiger partial charge in [-0.3, -0.25) is 9.78 Å². The molecule has 0 unspecified atom stereocenters. The van der Waals surface area contributed by atoms with Crippen molar-refractivity contribution in [2.75, 3.05) is 11.1 Å². The van der Waals surface area contributed by atoms with E-state index in [0.717, 1.165) is 15.1 Å². The van der Waals surface area contributed by atoms with E-state index in [2.05, 4.69) is 10.3 Å². The Kier molecular flexibility index (Phi) is 5.87. The quantitative estimate of drug-likeness (QED) is 0.345. The standard InChI is InChI=1S/C24H20N4O3S/c25-22-5-1-2-6-23(22)27-24(29)12-7-18-13-15-28(17-18)32(30,31)21-10-8-19(9-11-21)20-4-3-14-26-16-20/h1-17H,25H2,(H,27,29). The molecule has 2 heterocycles. The van der Waals surface area contributed by atoms with Gasteiger partial charge in [-0.1, -0.05) is 30.3 Å². The van der Waals surface area contributed by atoms with Crippen LogP contribution in [0.3, 0.4) is 0 Å². The molecule has 0 aliphatic carbocycles. The van der Waals surface area contributed by atoms with Gasteiger partial charge in [0.05, 0.1) is 16.3 Å². The molecule has 0 aliphatic heterocycles. The summed E-state index contributed by atoms with van der Waals surface area (Å²) in [6.45, 7) is 0. The van der Waals surface area contributed by atoms with Gasteiger partial charge < -0.3 is 11.1 Å². The van der Waals surface area contributed by atoms with Crippen molar-refractivity contribution in [1.82, 2.24) is 8.96 Å². The third-order valence-electron chi connectivity index (χ3n) is 4.76. The van der Waals surface area contributed by atoms with Crippen LogP contribution in [0.5, 0.6) is 0 Å². The summed E-state index contributed by atoms with van der Waals surface area (Å²) in [6.07, 6.45) is 9.15. The van der Waals surface area contributed by atoms with E-state index in [-0.39, 0.29) is 10.8 Å². The number of carbonyl (C=O) groups excluding carboxylic acids is 1. The first-order valence-corrected chi connectivity index (χ1v) is 11.1. The van der Waals surface area contributed by atoms with Crippen molar-refractivity contribution in [2.45, 2.75) is 4.90 Å². The number of amides is 1. The monoisotopic (exact) mass is 444 g/mol. The van der Waals surface area contributed by atoms with Gasteiger partial charge in [0.15, 0.2) is 0 Å². The van der Waals surface area contributed by atoms with E-state index in [1.54, 1.807) is 67.0 Å². The maximum absolute atomic E-state index is 12.9. The van der Waals surface area contributed by atoms with Crippen molar-refractivity contribution in [1.29, 1.82) is 0 Å². The molecule has 7 nitrogen and oxygen atoms in total. The van der Waals surface area contributed by atoms with E-state index in [9.17, 15) is 13.2 Å². The molecule has 1 amide bonds. The minimum Gasteiger partial charge on any atom is -0.397 e. The Bertz CT molecular complexity index is 1380. The molecule has 0 aliphatic rings. The molecule has 3 N–H and O–H groups in total. The molecule has 32 heavy (non-hydrogen) atoms. The Morgan fingerprint density at radius 2 is 1.75 bits per heavy atom. The van der Waals surface area contributed by atoms with Crippen LogP contribution in [0, 0.1) is 0 Å². The summed E-state index contributed by atoms with van der Waals surface area (Å²) in [4.78, 5) is 16.4. The summed E-state index contributed by atoms with van der Waals surface area (Å²) in [7, 11) is -3.76. The number of nitrogens with two attached hydrogens (primary N) is 1. The van der Waals surface area contributed by atoms with Crippen molar-refractivity contribution in [3.8, 4) is 11.1 Å². The number of hydrogen-bond donors (Lipinski definition) is 2. The highest BCUT2D eigenvalue weighted by Gasteiger charge is 2.16. The van der Waals surface area contributed by atoms with Crippen LogP contribution in [0.25, 0.3) is 17.2 Å². The lowest BCUT2D eigenvalue weighted by molar-refractivity contribution is -0.111. The fourth-order valence-electron chi connectivity index (χ4n) is 3.07. The second kappa shape index (κ2) is 8.91. The van der Waals surface area contributed by atoms with Gasteiger partial charge in [0.1, 0.15) is 0 Å². The molecule has 0 atom stereocenters. The van der Waals surface area contributed by atoms with Gasteiger partial charge in [-0.05, 0) is 59.2 Å². The molecule has 0 saturated heterocycles. The average molecular weight is 445 g/mol. The average Bonchev–Trinajstić information content (AvgIpc) is 3.30. The maximum Gasteiger partial charge on any atom is 0.267 e.